The number of sulfonamides is 1. The van der Waals surface area contributed by atoms with Gasteiger partial charge in [-0.1, -0.05) is 35.4 Å². The van der Waals surface area contributed by atoms with Crippen molar-refractivity contribution < 1.29 is 17.6 Å². The van der Waals surface area contributed by atoms with E-state index >= 15 is 0 Å². The third kappa shape index (κ3) is 5.15. The first-order valence-corrected chi connectivity index (χ1v) is 11.4. The number of piperidine rings is 1. The van der Waals surface area contributed by atoms with Crippen LogP contribution >= 0.6 is 11.6 Å². The van der Waals surface area contributed by atoms with E-state index in [4.69, 9.17) is 11.6 Å². The first-order chi connectivity index (χ1) is 13.7. The van der Waals surface area contributed by atoms with Gasteiger partial charge in [0.2, 0.25) is 15.9 Å². The molecule has 2 aromatic rings. The summed E-state index contributed by atoms with van der Waals surface area (Å²) in [7, 11) is -3.72. The fraction of sp³-hybridized carbons (Fsp3) is 0.381. The van der Waals surface area contributed by atoms with E-state index in [2.05, 4.69) is 5.32 Å². The number of carbonyl (C=O) groups excluding carboxylic acids is 1. The van der Waals surface area contributed by atoms with Crippen LogP contribution in [0.1, 0.15) is 29.5 Å². The molecule has 1 aliphatic heterocycles. The number of carbonyl (C=O) groups is 1. The van der Waals surface area contributed by atoms with Crippen molar-refractivity contribution in [3.63, 3.8) is 0 Å². The standard InChI is InChI=1S/C21H24ClFN2O3S/c1-14-6-7-20(15(2)12-14)24-21(26)16-8-10-25(11-9-16)29(27,28)13-17-18(22)4-3-5-19(17)23/h3-7,12,16H,8-11,13H2,1-2H3,(H,24,26). The van der Waals surface area contributed by atoms with Crippen molar-refractivity contribution in [1.29, 1.82) is 0 Å². The highest BCUT2D eigenvalue weighted by Crippen LogP contribution is 2.27. The second-order valence-electron chi connectivity index (χ2n) is 7.44. The van der Waals surface area contributed by atoms with Gasteiger partial charge in [-0.15, -0.1) is 0 Å². The molecular weight excluding hydrogens is 415 g/mol. The number of hydrogen-bond donors (Lipinski definition) is 1. The minimum Gasteiger partial charge on any atom is -0.326 e. The normalized spacial score (nSPS) is 16.0. The van der Waals surface area contributed by atoms with Crippen LogP contribution in [-0.4, -0.2) is 31.7 Å². The molecule has 1 amide bonds. The number of hydrogen-bond acceptors (Lipinski definition) is 3. The molecule has 0 saturated carbocycles. The van der Waals surface area contributed by atoms with E-state index in [-0.39, 0.29) is 35.5 Å². The van der Waals surface area contributed by atoms with Gasteiger partial charge < -0.3 is 5.32 Å². The molecule has 0 unspecified atom stereocenters. The molecule has 1 aliphatic rings. The summed E-state index contributed by atoms with van der Waals surface area (Å²) in [5.74, 6) is -1.49. The van der Waals surface area contributed by atoms with Crippen molar-refractivity contribution in [2.45, 2.75) is 32.4 Å². The number of anilines is 1. The molecule has 3 rings (SSSR count). The molecule has 5 nitrogen and oxygen atoms in total. The van der Waals surface area contributed by atoms with E-state index in [1.165, 1.54) is 22.5 Å². The van der Waals surface area contributed by atoms with Crippen molar-refractivity contribution in [2.75, 3.05) is 18.4 Å². The zero-order valence-electron chi connectivity index (χ0n) is 16.4. The van der Waals surface area contributed by atoms with Gasteiger partial charge in [0.1, 0.15) is 5.82 Å². The molecule has 0 radical (unpaired) electrons. The quantitative estimate of drug-likeness (QED) is 0.757. The lowest BCUT2D eigenvalue weighted by Gasteiger charge is -2.30. The van der Waals surface area contributed by atoms with Crippen molar-refractivity contribution in [3.8, 4) is 0 Å². The highest BCUT2D eigenvalue weighted by atomic mass is 35.5. The Hall–Kier alpha value is -1.96. The lowest BCUT2D eigenvalue weighted by molar-refractivity contribution is -0.120. The fourth-order valence-electron chi connectivity index (χ4n) is 3.53. The van der Waals surface area contributed by atoms with Gasteiger partial charge >= 0.3 is 0 Å². The molecule has 1 fully saturated rings. The van der Waals surface area contributed by atoms with Crippen molar-refractivity contribution in [3.05, 3.63) is 63.9 Å². The Bertz CT molecular complexity index is 998. The molecule has 156 valence electrons. The molecule has 0 aliphatic carbocycles. The summed E-state index contributed by atoms with van der Waals surface area (Å²) < 4.78 is 40.7. The van der Waals surface area contributed by atoms with Crippen LogP contribution in [-0.2, 0) is 20.6 Å². The minimum atomic E-state index is -3.72. The summed E-state index contributed by atoms with van der Waals surface area (Å²) in [5, 5.41) is 3.04. The molecule has 8 heteroatoms. The summed E-state index contributed by atoms with van der Waals surface area (Å²) in [4.78, 5) is 12.6. The molecule has 0 spiro atoms. The van der Waals surface area contributed by atoms with Gasteiger partial charge in [-0.2, -0.15) is 0 Å². The summed E-state index contributed by atoms with van der Waals surface area (Å²) in [6.45, 7) is 4.37. The van der Waals surface area contributed by atoms with Crippen LogP contribution in [0.5, 0.6) is 0 Å². The summed E-state index contributed by atoms with van der Waals surface area (Å²) in [6, 6.07) is 9.91. The minimum absolute atomic E-state index is 0.0242. The molecule has 0 atom stereocenters. The largest absolute Gasteiger partial charge is 0.326 e. The van der Waals surface area contributed by atoms with Gasteiger partial charge in [0.15, 0.2) is 0 Å². The average molecular weight is 439 g/mol. The van der Waals surface area contributed by atoms with Crippen molar-refractivity contribution in [2.24, 2.45) is 5.92 Å². The second kappa shape index (κ2) is 8.81. The van der Waals surface area contributed by atoms with Gasteiger partial charge in [0.25, 0.3) is 0 Å². The Labute approximate surface area is 175 Å². The summed E-state index contributed by atoms with van der Waals surface area (Å²) in [5.41, 5.74) is 2.85. The fourth-order valence-corrected chi connectivity index (χ4v) is 5.45. The van der Waals surface area contributed by atoms with Crippen LogP contribution in [0, 0.1) is 25.6 Å². The van der Waals surface area contributed by atoms with Crippen LogP contribution in [0.2, 0.25) is 5.02 Å². The number of amides is 1. The van der Waals surface area contributed by atoms with Gasteiger partial charge in [0.05, 0.1) is 5.75 Å². The molecule has 29 heavy (non-hydrogen) atoms. The van der Waals surface area contributed by atoms with E-state index < -0.39 is 21.6 Å². The Morgan fingerprint density at radius 1 is 1.21 bits per heavy atom. The second-order valence-corrected chi connectivity index (χ2v) is 9.81. The van der Waals surface area contributed by atoms with Crippen LogP contribution in [0.15, 0.2) is 36.4 Å². The van der Waals surface area contributed by atoms with Crippen molar-refractivity contribution >= 4 is 33.2 Å². The number of benzene rings is 2. The van der Waals surface area contributed by atoms with Crippen molar-refractivity contribution in [1.82, 2.24) is 4.31 Å². The van der Waals surface area contributed by atoms with Gasteiger partial charge in [-0.3, -0.25) is 4.79 Å². The van der Waals surface area contributed by atoms with Crippen LogP contribution in [0.4, 0.5) is 10.1 Å². The van der Waals surface area contributed by atoms with Crippen LogP contribution < -0.4 is 5.32 Å². The SMILES string of the molecule is Cc1ccc(NC(=O)C2CCN(S(=O)(=O)Cc3c(F)cccc3Cl)CC2)c(C)c1. The third-order valence-corrected chi connectivity index (χ3v) is 7.41. The Morgan fingerprint density at radius 2 is 1.90 bits per heavy atom. The lowest BCUT2D eigenvalue weighted by atomic mass is 9.97. The van der Waals surface area contributed by atoms with Gasteiger partial charge in [-0.25, -0.2) is 17.1 Å². The number of nitrogens with zero attached hydrogens (tertiary/aromatic N) is 1. The lowest BCUT2D eigenvalue weighted by Crippen LogP contribution is -2.42. The number of rotatable bonds is 5. The third-order valence-electron chi connectivity index (χ3n) is 5.25. The molecule has 1 heterocycles. The van der Waals surface area contributed by atoms with E-state index in [0.29, 0.717) is 12.8 Å². The zero-order valence-corrected chi connectivity index (χ0v) is 18.0. The highest BCUT2D eigenvalue weighted by Gasteiger charge is 2.32. The smallest absolute Gasteiger partial charge is 0.227 e. The Kier molecular flexibility index (Phi) is 6.61. The average Bonchev–Trinajstić information content (AvgIpc) is 2.67. The topological polar surface area (TPSA) is 66.5 Å². The monoisotopic (exact) mass is 438 g/mol. The zero-order chi connectivity index (χ0) is 21.2. The van der Waals surface area contributed by atoms with E-state index in [0.717, 1.165) is 16.8 Å². The van der Waals surface area contributed by atoms with Crippen LogP contribution in [0.25, 0.3) is 0 Å². The van der Waals surface area contributed by atoms with E-state index in [1.54, 1.807) is 0 Å². The molecule has 2 aromatic carbocycles. The summed E-state index contributed by atoms with van der Waals surface area (Å²) >= 11 is 5.96. The molecule has 1 N–H and O–H groups in total. The molecule has 0 bridgehead atoms. The Balaban J connectivity index is 1.61. The molecular formula is C21H24ClFN2O3S. The number of nitrogens with one attached hydrogen (secondary N) is 1. The predicted octanol–water partition coefficient (Wildman–Crippen LogP) is 4.28. The predicted molar refractivity (Wildman–Crippen MR) is 113 cm³/mol. The Morgan fingerprint density at radius 3 is 2.52 bits per heavy atom. The van der Waals surface area contributed by atoms with E-state index in [9.17, 15) is 17.6 Å². The summed E-state index contributed by atoms with van der Waals surface area (Å²) in [6.07, 6.45) is 0.835. The molecule has 0 aromatic heterocycles. The van der Waals surface area contributed by atoms with E-state index in [1.807, 2.05) is 32.0 Å². The van der Waals surface area contributed by atoms with Crippen LogP contribution in [0.3, 0.4) is 0 Å². The van der Waals surface area contributed by atoms with Gasteiger partial charge in [-0.05, 0) is 50.5 Å². The highest BCUT2D eigenvalue weighted by molar-refractivity contribution is 7.88. The molecule has 1 saturated heterocycles. The maximum atomic E-state index is 14.0. The first kappa shape index (κ1) is 21.7. The van der Waals surface area contributed by atoms with Gasteiger partial charge in [0, 0.05) is 35.3 Å². The maximum Gasteiger partial charge on any atom is 0.227 e. The number of halogens is 2. The first-order valence-electron chi connectivity index (χ1n) is 9.46. The maximum absolute atomic E-state index is 14.0. The number of aryl methyl sites for hydroxylation is 2.